The molecule has 0 saturated carbocycles. The largest absolute Gasteiger partial charge is 0.481 e. The molecule has 1 aliphatic rings. The molecule has 1 aromatic rings. The highest BCUT2D eigenvalue weighted by Gasteiger charge is 2.34. The summed E-state index contributed by atoms with van der Waals surface area (Å²) in [5.41, 5.74) is 0. The summed E-state index contributed by atoms with van der Waals surface area (Å²) in [6, 6.07) is 0. The molecule has 1 amide bonds. The lowest BCUT2D eigenvalue weighted by molar-refractivity contribution is -0.146. The first-order valence-electron chi connectivity index (χ1n) is 5.56. The lowest BCUT2D eigenvalue weighted by Crippen LogP contribution is -2.34. The smallest absolute Gasteiger partial charge is 0.307 e. The zero-order valence-corrected chi connectivity index (χ0v) is 10.6. The van der Waals surface area contributed by atoms with Crippen molar-refractivity contribution < 1.29 is 14.7 Å². The maximum Gasteiger partial charge on any atom is 0.307 e. The van der Waals surface area contributed by atoms with Crippen LogP contribution in [0, 0.1) is 18.8 Å². The van der Waals surface area contributed by atoms with Gasteiger partial charge in [-0.2, -0.15) is 0 Å². The van der Waals surface area contributed by atoms with Crippen LogP contribution in [0.5, 0.6) is 0 Å². The number of carbonyl (C=O) groups is 2. The molecular formula is C11H13N3O3S. The molecule has 2 rings (SSSR count). The van der Waals surface area contributed by atoms with Gasteiger partial charge in [0.05, 0.1) is 11.8 Å². The summed E-state index contributed by atoms with van der Waals surface area (Å²) >= 11 is 1.27. The predicted octanol–water partition coefficient (Wildman–Crippen LogP) is 1.45. The van der Waals surface area contributed by atoms with E-state index in [1.807, 2.05) is 6.08 Å². The molecule has 1 aromatic heterocycles. The van der Waals surface area contributed by atoms with Crippen LogP contribution in [0.15, 0.2) is 12.2 Å². The number of anilines is 1. The van der Waals surface area contributed by atoms with Gasteiger partial charge in [-0.1, -0.05) is 23.5 Å². The molecule has 0 aromatic carbocycles. The Kier molecular flexibility index (Phi) is 3.71. The van der Waals surface area contributed by atoms with Gasteiger partial charge < -0.3 is 10.4 Å². The highest BCUT2D eigenvalue weighted by molar-refractivity contribution is 7.15. The molecule has 2 N–H and O–H groups in total. The number of allylic oxidation sites excluding steroid dienone is 2. The first-order chi connectivity index (χ1) is 8.58. The van der Waals surface area contributed by atoms with Crippen LogP contribution in [0.4, 0.5) is 5.13 Å². The van der Waals surface area contributed by atoms with E-state index in [1.54, 1.807) is 13.0 Å². The molecule has 1 aliphatic carbocycles. The Balaban J connectivity index is 2.07. The van der Waals surface area contributed by atoms with E-state index >= 15 is 0 Å². The van der Waals surface area contributed by atoms with Crippen molar-refractivity contribution in [3.63, 3.8) is 0 Å². The number of aryl methyl sites for hydroxylation is 1. The number of aliphatic carboxylic acids is 1. The fourth-order valence-corrected chi connectivity index (χ4v) is 2.52. The molecule has 0 fully saturated rings. The highest BCUT2D eigenvalue weighted by atomic mass is 32.1. The second-order valence-corrected chi connectivity index (χ2v) is 5.29. The molecule has 0 bridgehead atoms. The van der Waals surface area contributed by atoms with Gasteiger partial charge in [-0.25, -0.2) is 0 Å². The Labute approximate surface area is 108 Å². The van der Waals surface area contributed by atoms with E-state index in [0.29, 0.717) is 18.0 Å². The van der Waals surface area contributed by atoms with E-state index in [1.165, 1.54) is 11.3 Å². The Bertz CT molecular complexity index is 497. The summed E-state index contributed by atoms with van der Waals surface area (Å²) < 4.78 is 0. The van der Waals surface area contributed by atoms with Gasteiger partial charge in [0.25, 0.3) is 0 Å². The molecule has 0 saturated heterocycles. The van der Waals surface area contributed by atoms with Crippen molar-refractivity contribution >= 4 is 28.3 Å². The maximum absolute atomic E-state index is 12.0. The number of nitrogens with zero attached hydrogens (tertiary/aromatic N) is 2. The zero-order chi connectivity index (χ0) is 13.1. The quantitative estimate of drug-likeness (QED) is 0.809. The number of aromatic nitrogens is 2. The van der Waals surface area contributed by atoms with E-state index in [2.05, 4.69) is 15.5 Å². The number of carboxylic acids is 1. The molecule has 0 radical (unpaired) electrons. The van der Waals surface area contributed by atoms with Crippen molar-refractivity contribution in [2.45, 2.75) is 19.8 Å². The van der Waals surface area contributed by atoms with Crippen molar-refractivity contribution in [3.05, 3.63) is 17.2 Å². The van der Waals surface area contributed by atoms with Crippen LogP contribution in [-0.2, 0) is 9.59 Å². The van der Waals surface area contributed by atoms with E-state index in [9.17, 15) is 9.59 Å². The van der Waals surface area contributed by atoms with Crippen LogP contribution in [-0.4, -0.2) is 27.2 Å². The number of carboxylic acid groups (broad SMARTS) is 1. The monoisotopic (exact) mass is 267 g/mol. The topological polar surface area (TPSA) is 92.2 Å². The lowest BCUT2D eigenvalue weighted by Gasteiger charge is -2.23. The van der Waals surface area contributed by atoms with E-state index in [-0.39, 0.29) is 5.91 Å². The lowest BCUT2D eigenvalue weighted by atomic mass is 9.82. The fourth-order valence-electron chi connectivity index (χ4n) is 1.92. The number of rotatable bonds is 3. The summed E-state index contributed by atoms with van der Waals surface area (Å²) in [7, 11) is 0. The Hall–Kier alpha value is -1.76. The zero-order valence-electron chi connectivity index (χ0n) is 9.79. The van der Waals surface area contributed by atoms with Crippen molar-refractivity contribution in [1.82, 2.24) is 10.2 Å². The summed E-state index contributed by atoms with van der Waals surface area (Å²) in [5.74, 6) is -2.45. The number of amides is 1. The first-order valence-corrected chi connectivity index (χ1v) is 6.38. The summed E-state index contributed by atoms with van der Waals surface area (Å²) in [6.07, 6.45) is 4.48. The molecule has 0 unspecified atom stereocenters. The van der Waals surface area contributed by atoms with Crippen LogP contribution in [0.3, 0.4) is 0 Å². The molecule has 0 aliphatic heterocycles. The van der Waals surface area contributed by atoms with Crippen LogP contribution in [0.25, 0.3) is 0 Å². The van der Waals surface area contributed by atoms with Gasteiger partial charge in [-0.05, 0) is 19.8 Å². The van der Waals surface area contributed by atoms with Crippen LogP contribution in [0.2, 0.25) is 0 Å². The minimum Gasteiger partial charge on any atom is -0.481 e. The van der Waals surface area contributed by atoms with Gasteiger partial charge in [0.1, 0.15) is 5.01 Å². The minimum atomic E-state index is -0.937. The van der Waals surface area contributed by atoms with Crippen LogP contribution >= 0.6 is 11.3 Å². The number of hydrogen-bond donors (Lipinski definition) is 2. The summed E-state index contributed by atoms with van der Waals surface area (Å²) in [5, 5.41) is 20.5. The molecule has 2 atom stereocenters. The number of nitrogens with one attached hydrogen (secondary N) is 1. The number of carbonyl (C=O) groups excluding carboxylic acids is 1. The van der Waals surface area contributed by atoms with Gasteiger partial charge >= 0.3 is 5.97 Å². The van der Waals surface area contributed by atoms with Gasteiger partial charge in [-0.3, -0.25) is 9.59 Å². The first kappa shape index (κ1) is 12.7. The third-order valence-electron chi connectivity index (χ3n) is 2.84. The Morgan fingerprint density at radius 1 is 1.33 bits per heavy atom. The van der Waals surface area contributed by atoms with Crippen molar-refractivity contribution in [2.24, 2.45) is 11.8 Å². The van der Waals surface area contributed by atoms with Gasteiger partial charge in [-0.15, -0.1) is 10.2 Å². The average Bonchev–Trinajstić information content (AvgIpc) is 2.74. The molecule has 96 valence electrons. The third kappa shape index (κ3) is 2.73. The average molecular weight is 267 g/mol. The maximum atomic E-state index is 12.0. The Morgan fingerprint density at radius 2 is 2.00 bits per heavy atom. The molecular weight excluding hydrogens is 254 g/mol. The second-order valence-electron chi connectivity index (χ2n) is 4.11. The van der Waals surface area contributed by atoms with Gasteiger partial charge in [0, 0.05) is 0 Å². The van der Waals surface area contributed by atoms with Crippen LogP contribution < -0.4 is 5.32 Å². The van der Waals surface area contributed by atoms with Gasteiger partial charge in [0.15, 0.2) is 0 Å². The third-order valence-corrected chi connectivity index (χ3v) is 3.60. The summed E-state index contributed by atoms with van der Waals surface area (Å²) in [6.45, 7) is 1.79. The number of hydrogen-bond acceptors (Lipinski definition) is 5. The Morgan fingerprint density at radius 3 is 2.56 bits per heavy atom. The van der Waals surface area contributed by atoms with Crippen molar-refractivity contribution in [3.8, 4) is 0 Å². The highest BCUT2D eigenvalue weighted by Crippen LogP contribution is 2.27. The molecule has 1 heterocycles. The van der Waals surface area contributed by atoms with E-state index in [4.69, 9.17) is 5.11 Å². The predicted molar refractivity (Wildman–Crippen MR) is 66.3 cm³/mol. The molecule has 0 spiro atoms. The van der Waals surface area contributed by atoms with E-state index in [0.717, 1.165) is 5.01 Å². The molecule has 18 heavy (non-hydrogen) atoms. The molecule has 7 heteroatoms. The second kappa shape index (κ2) is 5.26. The summed E-state index contributed by atoms with van der Waals surface area (Å²) in [4.78, 5) is 23.1. The van der Waals surface area contributed by atoms with E-state index < -0.39 is 17.8 Å². The normalized spacial score (nSPS) is 22.7. The SMILES string of the molecule is Cc1nnc(NC(=O)[C@@H]2CC=CC[C@H]2C(=O)O)s1. The van der Waals surface area contributed by atoms with Crippen molar-refractivity contribution in [1.29, 1.82) is 0 Å². The fraction of sp³-hybridized carbons (Fsp3) is 0.455. The van der Waals surface area contributed by atoms with Crippen molar-refractivity contribution in [2.75, 3.05) is 5.32 Å². The van der Waals surface area contributed by atoms with Crippen LogP contribution in [0.1, 0.15) is 17.8 Å². The minimum absolute atomic E-state index is 0.303. The van der Waals surface area contributed by atoms with Gasteiger partial charge in [0.2, 0.25) is 11.0 Å². The molecule has 6 nitrogen and oxygen atoms in total. The standard InChI is InChI=1S/C11H13N3O3S/c1-6-13-14-11(18-6)12-9(15)7-4-2-3-5-8(7)10(16)17/h2-3,7-8H,4-5H2,1H3,(H,16,17)(H,12,14,15)/t7-,8-/m1/s1.